The first-order valence-electron chi connectivity index (χ1n) is 5.38. The Balaban J connectivity index is 2.80. The summed E-state index contributed by atoms with van der Waals surface area (Å²) in [6.45, 7) is 1.30. The molecule has 0 aliphatic carbocycles. The minimum absolute atomic E-state index is 0.151. The number of hydrogen-bond donors (Lipinski definition) is 2. The van der Waals surface area contributed by atoms with Gasteiger partial charge in [-0.05, 0) is 19.1 Å². The molecule has 1 rings (SSSR count). The fourth-order valence-electron chi connectivity index (χ4n) is 1.41. The number of pyridine rings is 1. The normalized spacial score (nSPS) is 14.4. The van der Waals surface area contributed by atoms with Gasteiger partial charge in [0.2, 0.25) is 10.0 Å². The summed E-state index contributed by atoms with van der Waals surface area (Å²) in [4.78, 5) is 3.58. The Hall–Kier alpha value is -1.19. The van der Waals surface area contributed by atoms with Crippen molar-refractivity contribution in [3.8, 4) is 0 Å². The molecule has 1 aromatic rings. The highest BCUT2D eigenvalue weighted by Crippen LogP contribution is 2.22. The van der Waals surface area contributed by atoms with Crippen molar-refractivity contribution in [1.82, 2.24) is 9.71 Å². The summed E-state index contributed by atoms with van der Waals surface area (Å²) in [5, 5.41) is 0. The first-order chi connectivity index (χ1) is 8.64. The molecule has 0 fully saturated rings. The minimum Gasteiger partial charge on any atom is -0.325 e. The summed E-state index contributed by atoms with van der Waals surface area (Å²) in [5.74, 6) is 0. The van der Waals surface area contributed by atoms with Gasteiger partial charge in [0.05, 0.1) is 12.1 Å². The van der Waals surface area contributed by atoms with Crippen LogP contribution in [0.25, 0.3) is 0 Å². The third-order valence-electron chi connectivity index (χ3n) is 2.21. The van der Waals surface area contributed by atoms with Crippen LogP contribution >= 0.6 is 0 Å². The first-order valence-corrected chi connectivity index (χ1v) is 6.86. The third kappa shape index (κ3) is 5.13. The topological polar surface area (TPSA) is 85.1 Å². The summed E-state index contributed by atoms with van der Waals surface area (Å²) in [5.41, 5.74) is 5.79. The van der Waals surface area contributed by atoms with Crippen LogP contribution in [0.4, 0.5) is 13.2 Å². The van der Waals surface area contributed by atoms with E-state index in [-0.39, 0.29) is 11.4 Å². The molecule has 108 valence electrons. The second-order valence-corrected chi connectivity index (χ2v) is 5.74. The van der Waals surface area contributed by atoms with E-state index in [1.807, 2.05) is 4.72 Å². The smallest absolute Gasteiger partial charge is 0.325 e. The molecule has 0 bridgehead atoms. The molecule has 19 heavy (non-hydrogen) atoms. The van der Waals surface area contributed by atoms with Crippen molar-refractivity contribution in [2.45, 2.75) is 37.0 Å². The molecule has 0 aliphatic rings. The molecule has 0 radical (unpaired) electrons. The molecule has 1 aromatic heterocycles. The molecule has 0 spiro atoms. The van der Waals surface area contributed by atoms with Crippen LogP contribution in [0.5, 0.6) is 0 Å². The molecule has 0 saturated carbocycles. The second kappa shape index (κ2) is 5.85. The Morgan fingerprint density at radius 3 is 2.47 bits per heavy atom. The molecule has 1 atom stereocenters. The summed E-state index contributed by atoms with van der Waals surface area (Å²) < 4.78 is 61.9. The Kier molecular flexibility index (Phi) is 4.88. The predicted molar refractivity (Wildman–Crippen MR) is 62.6 cm³/mol. The van der Waals surface area contributed by atoms with Gasteiger partial charge >= 0.3 is 6.18 Å². The maximum atomic E-state index is 12.1. The summed E-state index contributed by atoms with van der Waals surface area (Å²) in [7, 11) is -4.01. The standard InChI is InChI=1S/C10H14F3N3O2S/c1-7(4-10(11,12)13)16-19(17,18)9-3-2-8(5-14)15-6-9/h2-3,6-7,16H,4-5,14H2,1H3. The van der Waals surface area contributed by atoms with Crippen LogP contribution in [0.1, 0.15) is 19.0 Å². The molecular formula is C10H14F3N3O2S. The lowest BCUT2D eigenvalue weighted by molar-refractivity contribution is -0.137. The van der Waals surface area contributed by atoms with E-state index in [1.165, 1.54) is 12.1 Å². The minimum atomic E-state index is -4.43. The quantitative estimate of drug-likeness (QED) is 0.854. The maximum absolute atomic E-state index is 12.1. The van der Waals surface area contributed by atoms with Crippen molar-refractivity contribution in [3.63, 3.8) is 0 Å². The van der Waals surface area contributed by atoms with E-state index in [4.69, 9.17) is 5.73 Å². The molecule has 1 heterocycles. The van der Waals surface area contributed by atoms with Gasteiger partial charge in [-0.2, -0.15) is 13.2 Å². The zero-order valence-corrected chi connectivity index (χ0v) is 10.9. The summed E-state index contributed by atoms with van der Waals surface area (Å²) >= 11 is 0. The molecule has 0 aliphatic heterocycles. The van der Waals surface area contributed by atoms with Crippen LogP contribution in [0, 0.1) is 0 Å². The van der Waals surface area contributed by atoms with Crippen molar-refractivity contribution in [2.75, 3.05) is 0 Å². The molecule has 1 unspecified atom stereocenters. The Morgan fingerprint density at radius 2 is 2.05 bits per heavy atom. The number of nitrogens with one attached hydrogen (secondary N) is 1. The number of halogens is 3. The molecule has 9 heteroatoms. The van der Waals surface area contributed by atoms with Crippen molar-refractivity contribution in [3.05, 3.63) is 24.0 Å². The molecule has 0 amide bonds. The lowest BCUT2D eigenvalue weighted by Gasteiger charge is -2.15. The highest BCUT2D eigenvalue weighted by molar-refractivity contribution is 7.89. The second-order valence-electron chi connectivity index (χ2n) is 4.03. The fraction of sp³-hybridized carbons (Fsp3) is 0.500. The SMILES string of the molecule is CC(CC(F)(F)F)NS(=O)(=O)c1ccc(CN)nc1. The molecule has 0 saturated heterocycles. The zero-order valence-electron chi connectivity index (χ0n) is 10.1. The van der Waals surface area contributed by atoms with Gasteiger partial charge in [0, 0.05) is 18.8 Å². The van der Waals surface area contributed by atoms with Gasteiger partial charge in [-0.15, -0.1) is 0 Å². The number of aromatic nitrogens is 1. The third-order valence-corrected chi connectivity index (χ3v) is 3.79. The van der Waals surface area contributed by atoms with Crippen molar-refractivity contribution >= 4 is 10.0 Å². The van der Waals surface area contributed by atoms with Crippen LogP contribution < -0.4 is 10.5 Å². The lowest BCUT2D eigenvalue weighted by Crippen LogP contribution is -2.36. The number of hydrogen-bond acceptors (Lipinski definition) is 4. The monoisotopic (exact) mass is 297 g/mol. The molecule has 3 N–H and O–H groups in total. The molecule has 5 nitrogen and oxygen atoms in total. The molecular weight excluding hydrogens is 283 g/mol. The average molecular weight is 297 g/mol. The van der Waals surface area contributed by atoms with Gasteiger partial charge in [-0.3, -0.25) is 4.98 Å². The fourth-order valence-corrected chi connectivity index (χ4v) is 2.60. The van der Waals surface area contributed by atoms with E-state index in [9.17, 15) is 21.6 Å². The zero-order chi connectivity index (χ0) is 14.7. The van der Waals surface area contributed by atoms with Crippen LogP contribution in [0.2, 0.25) is 0 Å². The number of nitrogens with two attached hydrogens (primary N) is 1. The van der Waals surface area contributed by atoms with E-state index < -0.39 is 28.7 Å². The van der Waals surface area contributed by atoms with E-state index in [1.54, 1.807) is 0 Å². The van der Waals surface area contributed by atoms with E-state index in [2.05, 4.69) is 4.98 Å². The first kappa shape index (κ1) is 15.9. The Morgan fingerprint density at radius 1 is 1.42 bits per heavy atom. The van der Waals surface area contributed by atoms with Crippen LogP contribution in [0.15, 0.2) is 23.2 Å². The van der Waals surface area contributed by atoms with Crippen molar-refractivity contribution in [2.24, 2.45) is 5.73 Å². The Bertz CT molecular complexity index is 514. The number of rotatable bonds is 5. The largest absolute Gasteiger partial charge is 0.390 e. The Labute approximate surface area is 109 Å². The number of nitrogens with zero attached hydrogens (tertiary/aromatic N) is 1. The van der Waals surface area contributed by atoms with Gasteiger partial charge in [-0.25, -0.2) is 13.1 Å². The van der Waals surface area contributed by atoms with Crippen molar-refractivity contribution < 1.29 is 21.6 Å². The van der Waals surface area contributed by atoms with E-state index in [0.29, 0.717) is 5.69 Å². The van der Waals surface area contributed by atoms with E-state index in [0.717, 1.165) is 13.1 Å². The van der Waals surface area contributed by atoms with Gasteiger partial charge in [0.1, 0.15) is 4.90 Å². The van der Waals surface area contributed by atoms with Gasteiger partial charge in [0.25, 0.3) is 0 Å². The maximum Gasteiger partial charge on any atom is 0.390 e. The highest BCUT2D eigenvalue weighted by atomic mass is 32.2. The summed E-state index contributed by atoms with van der Waals surface area (Å²) in [6, 6.07) is 1.40. The van der Waals surface area contributed by atoms with Gasteiger partial charge < -0.3 is 5.73 Å². The van der Waals surface area contributed by atoms with E-state index >= 15 is 0 Å². The summed E-state index contributed by atoms with van der Waals surface area (Å²) in [6.07, 6.45) is -4.60. The number of alkyl halides is 3. The average Bonchev–Trinajstić information content (AvgIpc) is 2.25. The van der Waals surface area contributed by atoms with Crippen molar-refractivity contribution in [1.29, 1.82) is 0 Å². The number of sulfonamides is 1. The van der Waals surface area contributed by atoms with Crippen LogP contribution in [0.3, 0.4) is 0 Å². The lowest BCUT2D eigenvalue weighted by atomic mass is 10.2. The highest BCUT2D eigenvalue weighted by Gasteiger charge is 2.32. The van der Waals surface area contributed by atoms with Gasteiger partial charge in [-0.1, -0.05) is 0 Å². The van der Waals surface area contributed by atoms with Crippen LogP contribution in [-0.4, -0.2) is 25.6 Å². The van der Waals surface area contributed by atoms with Gasteiger partial charge in [0.15, 0.2) is 0 Å². The molecule has 0 aromatic carbocycles. The van der Waals surface area contributed by atoms with Crippen LogP contribution in [-0.2, 0) is 16.6 Å². The predicted octanol–water partition coefficient (Wildman–Crippen LogP) is 1.16.